The zero-order valence-electron chi connectivity index (χ0n) is 19.3. The van der Waals surface area contributed by atoms with Crippen molar-refractivity contribution >= 4 is 43.0 Å². The fourth-order valence-electron chi connectivity index (χ4n) is 3.14. The molecule has 0 aliphatic carbocycles. The van der Waals surface area contributed by atoms with E-state index in [1.165, 1.54) is 44.6 Å². The highest BCUT2D eigenvalue weighted by atomic mass is 32.2. The second-order valence-corrected chi connectivity index (χ2v) is 10.9. The molecule has 0 saturated heterocycles. The van der Waals surface area contributed by atoms with E-state index in [0.717, 1.165) is 10.6 Å². The molecule has 3 rings (SSSR count). The van der Waals surface area contributed by atoms with Crippen molar-refractivity contribution in [3.05, 3.63) is 72.8 Å². The summed E-state index contributed by atoms with van der Waals surface area (Å²) in [7, 11) is -4.75. The van der Waals surface area contributed by atoms with Gasteiger partial charge >= 0.3 is 0 Å². The molecule has 0 spiro atoms. The van der Waals surface area contributed by atoms with Gasteiger partial charge in [-0.15, -0.1) is 0 Å². The minimum atomic E-state index is -3.87. The van der Waals surface area contributed by atoms with Crippen LogP contribution in [0.3, 0.4) is 0 Å². The summed E-state index contributed by atoms with van der Waals surface area (Å²) in [5.74, 6) is 0.270. The minimum Gasteiger partial charge on any atom is -0.497 e. The van der Waals surface area contributed by atoms with Crippen LogP contribution in [0.25, 0.3) is 0 Å². The number of nitrogens with one attached hydrogen (secondary N) is 2. The van der Waals surface area contributed by atoms with Crippen molar-refractivity contribution < 1.29 is 31.1 Å². The Balaban J connectivity index is 1.71. The van der Waals surface area contributed by atoms with Gasteiger partial charge in [0.05, 0.1) is 31.1 Å². The highest BCUT2D eigenvalue weighted by Crippen LogP contribution is 2.29. The van der Waals surface area contributed by atoms with Crippen LogP contribution in [-0.2, 0) is 24.8 Å². The van der Waals surface area contributed by atoms with E-state index in [2.05, 4.69) is 10.0 Å². The Bertz CT molecular complexity index is 1390. The van der Waals surface area contributed by atoms with E-state index >= 15 is 0 Å². The molecule has 2 N–H and O–H groups in total. The molecule has 10 nitrogen and oxygen atoms in total. The Labute approximate surface area is 204 Å². The monoisotopic (exact) mass is 519 g/mol. The lowest BCUT2D eigenvalue weighted by atomic mass is 10.3. The molecule has 186 valence electrons. The largest absolute Gasteiger partial charge is 0.497 e. The van der Waals surface area contributed by atoms with Gasteiger partial charge in [-0.3, -0.25) is 13.8 Å². The van der Waals surface area contributed by atoms with E-state index in [0.29, 0.717) is 22.9 Å². The van der Waals surface area contributed by atoms with Gasteiger partial charge in [0.25, 0.3) is 10.0 Å². The second-order valence-electron chi connectivity index (χ2n) is 7.35. The Kier molecular flexibility index (Phi) is 7.87. The molecule has 0 fully saturated rings. The molecular weight excluding hydrogens is 494 g/mol. The molecule has 0 bridgehead atoms. The molecule has 35 heavy (non-hydrogen) atoms. The van der Waals surface area contributed by atoms with Crippen LogP contribution in [0.1, 0.15) is 0 Å². The number of benzene rings is 3. The number of hydrogen-bond donors (Lipinski definition) is 2. The molecule has 0 unspecified atom stereocenters. The summed E-state index contributed by atoms with van der Waals surface area (Å²) < 4.78 is 63.6. The van der Waals surface area contributed by atoms with Crippen molar-refractivity contribution in [3.8, 4) is 11.5 Å². The highest BCUT2D eigenvalue weighted by Gasteiger charge is 2.24. The Hall–Kier alpha value is -3.77. The van der Waals surface area contributed by atoms with E-state index in [1.807, 2.05) is 0 Å². The number of rotatable bonds is 10. The predicted molar refractivity (Wildman–Crippen MR) is 134 cm³/mol. The maximum absolute atomic E-state index is 12.6. The number of anilines is 3. The molecule has 0 heterocycles. The lowest BCUT2D eigenvalue weighted by Gasteiger charge is -2.23. The molecule has 0 radical (unpaired) electrons. The number of ether oxygens (including phenoxy) is 2. The summed E-state index contributed by atoms with van der Waals surface area (Å²) in [6, 6.07) is 18.3. The Morgan fingerprint density at radius 2 is 1.43 bits per heavy atom. The van der Waals surface area contributed by atoms with Crippen LogP contribution in [0.15, 0.2) is 77.7 Å². The number of hydrogen-bond acceptors (Lipinski definition) is 7. The molecular formula is C23H25N3O7S2. The normalized spacial score (nSPS) is 11.4. The summed E-state index contributed by atoms with van der Waals surface area (Å²) in [6.45, 7) is -0.502. The van der Waals surface area contributed by atoms with Gasteiger partial charge in [-0.1, -0.05) is 12.1 Å². The van der Waals surface area contributed by atoms with Gasteiger partial charge in [0.2, 0.25) is 15.9 Å². The summed E-state index contributed by atoms with van der Waals surface area (Å²) in [5.41, 5.74) is 0.881. The lowest BCUT2D eigenvalue weighted by Crippen LogP contribution is -2.37. The van der Waals surface area contributed by atoms with Crippen LogP contribution in [0, 0.1) is 0 Å². The fraction of sp³-hybridized carbons (Fsp3) is 0.174. The third kappa shape index (κ3) is 6.64. The second kappa shape index (κ2) is 10.7. The molecule has 0 aliphatic heterocycles. The minimum absolute atomic E-state index is 0.0156. The van der Waals surface area contributed by atoms with Gasteiger partial charge in [0.15, 0.2) is 0 Å². The van der Waals surface area contributed by atoms with E-state index in [4.69, 9.17) is 9.47 Å². The SMILES string of the molecule is COc1ccc(NS(=O)(=O)c2ccc(NC(=O)CN(c3ccccc3OC)S(C)(=O)=O)cc2)cc1. The number of sulfonamides is 2. The highest BCUT2D eigenvalue weighted by molar-refractivity contribution is 7.92. The smallest absolute Gasteiger partial charge is 0.261 e. The number of amides is 1. The van der Waals surface area contributed by atoms with Gasteiger partial charge in [-0.25, -0.2) is 16.8 Å². The molecule has 0 atom stereocenters. The van der Waals surface area contributed by atoms with Gasteiger partial charge in [0.1, 0.15) is 18.0 Å². The quantitative estimate of drug-likeness (QED) is 0.421. The molecule has 1 amide bonds. The van der Waals surface area contributed by atoms with Gasteiger partial charge < -0.3 is 14.8 Å². The molecule has 12 heteroatoms. The summed E-state index contributed by atoms with van der Waals surface area (Å²) in [6.07, 6.45) is 0.988. The Morgan fingerprint density at radius 1 is 0.829 bits per heavy atom. The Morgan fingerprint density at radius 3 is 2.00 bits per heavy atom. The summed E-state index contributed by atoms with van der Waals surface area (Å²) >= 11 is 0. The van der Waals surface area contributed by atoms with Crippen LogP contribution >= 0.6 is 0 Å². The topological polar surface area (TPSA) is 131 Å². The predicted octanol–water partition coefficient (Wildman–Crippen LogP) is 2.91. The maximum atomic E-state index is 12.6. The van der Waals surface area contributed by atoms with Crippen molar-refractivity contribution in [3.63, 3.8) is 0 Å². The first-order chi connectivity index (χ1) is 16.5. The van der Waals surface area contributed by atoms with Crippen LogP contribution in [-0.4, -0.2) is 49.8 Å². The third-order valence-corrected chi connectivity index (χ3v) is 7.36. The van der Waals surface area contributed by atoms with Crippen LogP contribution < -0.4 is 23.8 Å². The number of para-hydroxylation sites is 2. The first-order valence-electron chi connectivity index (χ1n) is 10.2. The maximum Gasteiger partial charge on any atom is 0.261 e. The molecule has 0 aromatic heterocycles. The summed E-state index contributed by atoms with van der Waals surface area (Å²) in [5, 5.41) is 2.58. The average molecular weight is 520 g/mol. The van der Waals surface area contributed by atoms with Gasteiger partial charge in [0, 0.05) is 11.4 Å². The van der Waals surface area contributed by atoms with Crippen molar-refractivity contribution in [2.75, 3.05) is 41.4 Å². The third-order valence-electron chi connectivity index (χ3n) is 4.83. The zero-order valence-corrected chi connectivity index (χ0v) is 20.9. The van der Waals surface area contributed by atoms with Crippen LogP contribution in [0.4, 0.5) is 17.1 Å². The number of carbonyl (C=O) groups is 1. The van der Waals surface area contributed by atoms with E-state index in [-0.39, 0.29) is 10.6 Å². The molecule has 0 saturated carbocycles. The van der Waals surface area contributed by atoms with Crippen LogP contribution in [0.5, 0.6) is 11.5 Å². The first-order valence-corrected chi connectivity index (χ1v) is 13.5. The van der Waals surface area contributed by atoms with Crippen molar-refractivity contribution in [1.29, 1.82) is 0 Å². The lowest BCUT2D eigenvalue weighted by molar-refractivity contribution is -0.114. The standard InChI is InChI=1S/C23H25N3O7S2/c1-32-19-12-8-18(9-13-19)25-35(30,31)20-14-10-17(11-15-20)24-23(27)16-26(34(3,28)29)21-6-4-5-7-22(21)33-2/h4-15,25H,16H2,1-3H3,(H,24,27). The number of carbonyl (C=O) groups excluding carboxylic acids is 1. The molecule has 3 aromatic rings. The average Bonchev–Trinajstić information content (AvgIpc) is 2.82. The van der Waals surface area contributed by atoms with E-state index < -0.39 is 32.5 Å². The molecule has 0 aliphatic rings. The van der Waals surface area contributed by atoms with Crippen molar-refractivity contribution in [2.24, 2.45) is 0 Å². The summed E-state index contributed by atoms with van der Waals surface area (Å²) in [4.78, 5) is 12.6. The fourth-order valence-corrected chi connectivity index (χ4v) is 5.06. The van der Waals surface area contributed by atoms with Crippen molar-refractivity contribution in [1.82, 2.24) is 0 Å². The van der Waals surface area contributed by atoms with Crippen molar-refractivity contribution in [2.45, 2.75) is 4.90 Å². The van der Waals surface area contributed by atoms with Crippen LogP contribution in [0.2, 0.25) is 0 Å². The number of nitrogens with zero attached hydrogens (tertiary/aromatic N) is 1. The zero-order chi connectivity index (χ0) is 25.6. The van der Waals surface area contributed by atoms with E-state index in [9.17, 15) is 21.6 Å². The molecule has 3 aromatic carbocycles. The number of methoxy groups -OCH3 is 2. The van der Waals surface area contributed by atoms with E-state index in [1.54, 1.807) is 42.5 Å². The first kappa shape index (κ1) is 25.8. The van der Waals surface area contributed by atoms with Gasteiger partial charge in [-0.2, -0.15) is 0 Å². The van der Waals surface area contributed by atoms with Gasteiger partial charge in [-0.05, 0) is 60.7 Å².